The molecule has 26 heavy (non-hydrogen) atoms. The number of rotatable bonds is 7. The molecular weight excluding hydrogens is 372 g/mol. The maximum atomic E-state index is 11.9. The van der Waals surface area contributed by atoms with Gasteiger partial charge in [0.2, 0.25) is 0 Å². The molecule has 0 aliphatic heterocycles. The Kier molecular flexibility index (Phi) is 6.27. The molecule has 3 rings (SSSR count). The molecule has 0 atom stereocenters. The van der Waals surface area contributed by atoms with Crippen molar-refractivity contribution in [2.75, 3.05) is 5.75 Å². The van der Waals surface area contributed by atoms with Crippen molar-refractivity contribution >= 4 is 29.3 Å². The van der Waals surface area contributed by atoms with Gasteiger partial charge < -0.3 is 0 Å². The first-order valence-corrected chi connectivity index (χ1v) is 9.24. The van der Waals surface area contributed by atoms with E-state index in [-0.39, 0.29) is 11.7 Å². The van der Waals surface area contributed by atoms with Crippen molar-refractivity contribution in [3.63, 3.8) is 0 Å². The number of amides is 1. The normalized spacial score (nSPS) is 10.7. The number of halogens is 1. The number of aromatic nitrogens is 3. The van der Waals surface area contributed by atoms with Crippen molar-refractivity contribution in [2.45, 2.75) is 18.7 Å². The Morgan fingerprint density at radius 2 is 2.08 bits per heavy atom. The Balaban J connectivity index is 1.53. The summed E-state index contributed by atoms with van der Waals surface area (Å²) in [5.74, 6) is -0.0880. The Morgan fingerprint density at radius 3 is 2.85 bits per heavy atom. The molecule has 0 aliphatic rings. The minimum Gasteiger partial charge on any atom is -0.277 e. The molecule has 0 bridgehead atoms. The molecule has 1 N–H and O–H groups in total. The van der Waals surface area contributed by atoms with Gasteiger partial charge in [-0.2, -0.15) is 0 Å². The number of carbonyl (C=O) groups is 1. The van der Waals surface area contributed by atoms with Gasteiger partial charge in [-0.05, 0) is 30.2 Å². The van der Waals surface area contributed by atoms with E-state index >= 15 is 0 Å². The Hall–Kier alpha value is -2.35. The van der Waals surface area contributed by atoms with Crippen molar-refractivity contribution in [1.29, 1.82) is 0 Å². The van der Waals surface area contributed by atoms with Crippen LogP contribution in [0, 0.1) is 6.92 Å². The smallest absolute Gasteiger partial charge is 0.254 e. The standard InChI is InChI=1S/C18H17ClN4O2S/c1-13-7-8-15(9-16(13)19)23-12-20-21-18(23)26-11-17(24)22-25-10-14-5-3-2-4-6-14/h2-9,12H,10-11H2,1H3,(H,22,24). The first-order valence-electron chi connectivity index (χ1n) is 7.87. The van der Waals surface area contributed by atoms with Crippen LogP contribution in [0.1, 0.15) is 11.1 Å². The van der Waals surface area contributed by atoms with Gasteiger partial charge in [-0.1, -0.05) is 59.8 Å². The molecule has 6 nitrogen and oxygen atoms in total. The van der Waals surface area contributed by atoms with Gasteiger partial charge in [0.15, 0.2) is 5.16 Å². The van der Waals surface area contributed by atoms with Crippen LogP contribution in [0.3, 0.4) is 0 Å². The molecule has 0 spiro atoms. The zero-order chi connectivity index (χ0) is 18.4. The van der Waals surface area contributed by atoms with Crippen LogP contribution in [0.4, 0.5) is 0 Å². The van der Waals surface area contributed by atoms with Gasteiger partial charge in [-0.15, -0.1) is 10.2 Å². The molecule has 1 heterocycles. The number of aryl methyl sites for hydroxylation is 1. The summed E-state index contributed by atoms with van der Waals surface area (Å²) in [6.45, 7) is 2.25. The van der Waals surface area contributed by atoms with Gasteiger partial charge in [0, 0.05) is 5.02 Å². The molecule has 3 aromatic rings. The zero-order valence-electron chi connectivity index (χ0n) is 14.1. The van der Waals surface area contributed by atoms with Crippen LogP contribution in [0.2, 0.25) is 5.02 Å². The number of nitrogens with zero attached hydrogens (tertiary/aromatic N) is 3. The summed E-state index contributed by atoms with van der Waals surface area (Å²) < 4.78 is 1.79. The summed E-state index contributed by atoms with van der Waals surface area (Å²) in [4.78, 5) is 17.2. The second-order valence-electron chi connectivity index (χ2n) is 5.51. The van der Waals surface area contributed by atoms with Gasteiger partial charge in [0.25, 0.3) is 5.91 Å². The van der Waals surface area contributed by atoms with Gasteiger partial charge in [-0.25, -0.2) is 5.48 Å². The lowest BCUT2D eigenvalue weighted by Gasteiger charge is -2.08. The first kappa shape index (κ1) is 18.4. The molecule has 134 valence electrons. The Labute approximate surface area is 160 Å². The molecular formula is C18H17ClN4O2S. The lowest BCUT2D eigenvalue weighted by atomic mass is 10.2. The van der Waals surface area contributed by atoms with Gasteiger partial charge >= 0.3 is 0 Å². The van der Waals surface area contributed by atoms with Crippen LogP contribution in [0.5, 0.6) is 0 Å². The highest BCUT2D eigenvalue weighted by Crippen LogP contribution is 2.23. The molecule has 0 radical (unpaired) electrons. The second-order valence-corrected chi connectivity index (χ2v) is 6.85. The fraction of sp³-hybridized carbons (Fsp3) is 0.167. The monoisotopic (exact) mass is 388 g/mol. The van der Waals surface area contributed by atoms with Crippen LogP contribution in [-0.4, -0.2) is 26.4 Å². The van der Waals surface area contributed by atoms with E-state index in [0.717, 1.165) is 16.8 Å². The lowest BCUT2D eigenvalue weighted by molar-refractivity contribution is -0.131. The number of thioether (sulfide) groups is 1. The van der Waals surface area contributed by atoms with Gasteiger partial charge in [0.05, 0.1) is 18.0 Å². The minimum absolute atomic E-state index is 0.160. The van der Waals surface area contributed by atoms with E-state index in [1.54, 1.807) is 10.9 Å². The van der Waals surface area contributed by atoms with Crippen LogP contribution < -0.4 is 5.48 Å². The summed E-state index contributed by atoms with van der Waals surface area (Å²) in [5.41, 5.74) is 5.25. The van der Waals surface area contributed by atoms with Gasteiger partial charge in [0.1, 0.15) is 6.33 Å². The van der Waals surface area contributed by atoms with Crippen molar-refractivity contribution < 1.29 is 9.63 Å². The maximum absolute atomic E-state index is 11.9. The van der Waals surface area contributed by atoms with Crippen molar-refractivity contribution in [2.24, 2.45) is 0 Å². The largest absolute Gasteiger partial charge is 0.277 e. The van der Waals surface area contributed by atoms with Crippen molar-refractivity contribution in [3.8, 4) is 5.69 Å². The third kappa shape index (κ3) is 4.85. The second kappa shape index (κ2) is 8.84. The SMILES string of the molecule is Cc1ccc(-n2cnnc2SCC(=O)NOCc2ccccc2)cc1Cl. The zero-order valence-corrected chi connectivity index (χ0v) is 15.6. The molecule has 0 aliphatic carbocycles. The summed E-state index contributed by atoms with van der Waals surface area (Å²) in [6.07, 6.45) is 1.59. The molecule has 1 amide bonds. The average Bonchev–Trinajstić information content (AvgIpc) is 3.12. The summed E-state index contributed by atoms with van der Waals surface area (Å²) in [6, 6.07) is 15.3. The highest BCUT2D eigenvalue weighted by Gasteiger charge is 2.11. The maximum Gasteiger partial charge on any atom is 0.254 e. The van der Waals surface area contributed by atoms with Crippen LogP contribution in [0.15, 0.2) is 60.0 Å². The predicted molar refractivity (Wildman–Crippen MR) is 101 cm³/mol. The van der Waals surface area contributed by atoms with E-state index in [1.165, 1.54) is 11.8 Å². The van der Waals surface area contributed by atoms with Crippen LogP contribution in [0.25, 0.3) is 5.69 Å². The summed E-state index contributed by atoms with van der Waals surface area (Å²) in [7, 11) is 0. The fourth-order valence-corrected chi connectivity index (χ4v) is 3.06. The number of nitrogens with one attached hydrogen (secondary N) is 1. The number of hydrogen-bond donors (Lipinski definition) is 1. The van der Waals surface area contributed by atoms with E-state index < -0.39 is 0 Å². The molecule has 0 saturated carbocycles. The topological polar surface area (TPSA) is 69.0 Å². The van der Waals surface area contributed by atoms with Crippen molar-refractivity contribution in [3.05, 3.63) is 71.0 Å². The highest BCUT2D eigenvalue weighted by molar-refractivity contribution is 7.99. The first-order chi connectivity index (χ1) is 12.6. The quantitative estimate of drug-likeness (QED) is 0.495. The number of hydrogen-bond acceptors (Lipinski definition) is 5. The predicted octanol–water partition coefficient (Wildman–Crippen LogP) is 3.57. The van der Waals surface area contributed by atoms with E-state index in [1.807, 2.05) is 55.5 Å². The Morgan fingerprint density at radius 1 is 1.27 bits per heavy atom. The van der Waals surface area contributed by atoms with E-state index in [2.05, 4.69) is 15.7 Å². The third-order valence-electron chi connectivity index (χ3n) is 3.55. The molecule has 0 unspecified atom stereocenters. The lowest BCUT2D eigenvalue weighted by Crippen LogP contribution is -2.25. The van der Waals surface area contributed by atoms with Crippen LogP contribution >= 0.6 is 23.4 Å². The Bertz CT molecular complexity index is 886. The summed E-state index contributed by atoms with van der Waals surface area (Å²) >= 11 is 7.44. The van der Waals surface area contributed by atoms with E-state index in [0.29, 0.717) is 16.8 Å². The van der Waals surface area contributed by atoms with Crippen LogP contribution in [-0.2, 0) is 16.2 Å². The molecule has 0 saturated heterocycles. The van der Waals surface area contributed by atoms with E-state index in [4.69, 9.17) is 16.4 Å². The number of carbonyl (C=O) groups excluding carboxylic acids is 1. The minimum atomic E-state index is -0.248. The van der Waals surface area contributed by atoms with Gasteiger partial charge in [-0.3, -0.25) is 14.2 Å². The highest BCUT2D eigenvalue weighted by atomic mass is 35.5. The van der Waals surface area contributed by atoms with Crippen molar-refractivity contribution in [1.82, 2.24) is 20.2 Å². The summed E-state index contributed by atoms with van der Waals surface area (Å²) in [5, 5.41) is 9.24. The fourth-order valence-electron chi connectivity index (χ4n) is 2.17. The molecule has 2 aromatic carbocycles. The molecule has 8 heteroatoms. The third-order valence-corrected chi connectivity index (χ3v) is 4.90. The number of hydroxylamine groups is 1. The molecule has 0 fully saturated rings. The number of benzene rings is 2. The van der Waals surface area contributed by atoms with E-state index in [9.17, 15) is 4.79 Å². The average molecular weight is 389 g/mol. The molecule has 1 aromatic heterocycles.